The summed E-state index contributed by atoms with van der Waals surface area (Å²) >= 11 is 5.80. The minimum Gasteiger partial charge on any atom is -0.310 e. The summed E-state index contributed by atoms with van der Waals surface area (Å²) in [5.74, 6) is -0.268. The van der Waals surface area contributed by atoms with Gasteiger partial charge in [0.05, 0.1) is 16.5 Å². The van der Waals surface area contributed by atoms with Gasteiger partial charge in [-0.15, -0.1) is 0 Å². The third-order valence-corrected chi connectivity index (χ3v) is 5.57. The predicted molar refractivity (Wildman–Crippen MR) is 74.6 cm³/mol. The summed E-state index contributed by atoms with van der Waals surface area (Å²) in [4.78, 5) is 0. The smallest absolute Gasteiger partial charge is 0.150 e. The first-order valence-electron chi connectivity index (χ1n) is 6.32. The van der Waals surface area contributed by atoms with Gasteiger partial charge in [-0.3, -0.25) is 0 Å². The SMILES string of the molecule is CCNC(c1cccc(Cl)c1F)C1CCS(=O)(=O)C1. The highest BCUT2D eigenvalue weighted by Gasteiger charge is 2.35. The van der Waals surface area contributed by atoms with Crippen molar-refractivity contribution in [2.75, 3.05) is 18.1 Å². The van der Waals surface area contributed by atoms with Crippen LogP contribution in [0.5, 0.6) is 0 Å². The van der Waals surface area contributed by atoms with Crippen LogP contribution in [0, 0.1) is 11.7 Å². The molecule has 1 aromatic rings. The van der Waals surface area contributed by atoms with E-state index < -0.39 is 15.7 Å². The van der Waals surface area contributed by atoms with Crippen LogP contribution in [-0.2, 0) is 9.84 Å². The molecule has 19 heavy (non-hydrogen) atoms. The largest absolute Gasteiger partial charge is 0.310 e. The molecule has 1 heterocycles. The van der Waals surface area contributed by atoms with Crippen LogP contribution in [0.25, 0.3) is 0 Å². The van der Waals surface area contributed by atoms with E-state index in [2.05, 4.69) is 5.32 Å². The first-order valence-corrected chi connectivity index (χ1v) is 8.52. The van der Waals surface area contributed by atoms with Gasteiger partial charge in [0.2, 0.25) is 0 Å². The molecule has 1 aromatic carbocycles. The molecule has 2 rings (SSSR count). The summed E-state index contributed by atoms with van der Waals surface area (Å²) in [6, 6.07) is 4.55. The van der Waals surface area contributed by atoms with Crippen molar-refractivity contribution in [3.63, 3.8) is 0 Å². The molecule has 0 aliphatic carbocycles. The second-order valence-electron chi connectivity index (χ2n) is 4.84. The molecule has 106 valence electrons. The standard InChI is InChI=1S/C13H17ClFNO2S/c1-2-16-13(9-6-7-19(17,18)8-9)10-4-3-5-11(14)12(10)15/h3-5,9,13,16H,2,6-8H2,1H3. The lowest BCUT2D eigenvalue weighted by molar-refractivity contribution is 0.387. The van der Waals surface area contributed by atoms with Crippen LogP contribution >= 0.6 is 11.6 Å². The van der Waals surface area contributed by atoms with Crippen molar-refractivity contribution in [3.8, 4) is 0 Å². The maximum absolute atomic E-state index is 14.1. The van der Waals surface area contributed by atoms with Crippen molar-refractivity contribution in [3.05, 3.63) is 34.6 Å². The molecule has 3 nitrogen and oxygen atoms in total. The Morgan fingerprint density at radius 2 is 2.26 bits per heavy atom. The highest BCUT2D eigenvalue weighted by atomic mass is 35.5. The summed E-state index contributed by atoms with van der Waals surface area (Å²) in [5, 5.41) is 3.25. The van der Waals surface area contributed by atoms with Gasteiger partial charge >= 0.3 is 0 Å². The zero-order valence-electron chi connectivity index (χ0n) is 10.7. The van der Waals surface area contributed by atoms with Crippen molar-refractivity contribution >= 4 is 21.4 Å². The molecule has 0 aromatic heterocycles. The Morgan fingerprint density at radius 1 is 1.53 bits per heavy atom. The fourth-order valence-corrected chi connectivity index (χ4v) is 4.62. The van der Waals surface area contributed by atoms with Crippen molar-refractivity contribution in [2.24, 2.45) is 5.92 Å². The van der Waals surface area contributed by atoms with Crippen molar-refractivity contribution in [1.82, 2.24) is 5.32 Å². The van der Waals surface area contributed by atoms with E-state index in [9.17, 15) is 12.8 Å². The highest BCUT2D eigenvalue weighted by Crippen LogP contribution is 2.34. The second-order valence-corrected chi connectivity index (χ2v) is 7.48. The molecule has 1 aliphatic rings. The van der Waals surface area contributed by atoms with E-state index in [0.717, 1.165) is 0 Å². The summed E-state index contributed by atoms with van der Waals surface area (Å²) in [6.07, 6.45) is 0.561. The first-order chi connectivity index (χ1) is 8.94. The molecule has 6 heteroatoms. The Bertz CT molecular complexity index is 562. The molecular weight excluding hydrogens is 289 g/mol. The maximum atomic E-state index is 14.1. The first kappa shape index (κ1) is 14.8. The number of sulfone groups is 1. The lowest BCUT2D eigenvalue weighted by Gasteiger charge is -2.24. The summed E-state index contributed by atoms with van der Waals surface area (Å²) < 4.78 is 37.3. The van der Waals surface area contributed by atoms with E-state index in [1.165, 1.54) is 6.07 Å². The van der Waals surface area contributed by atoms with Gasteiger partial charge in [-0.2, -0.15) is 0 Å². The van der Waals surface area contributed by atoms with Crippen molar-refractivity contribution < 1.29 is 12.8 Å². The molecule has 1 N–H and O–H groups in total. The number of hydrogen-bond acceptors (Lipinski definition) is 3. The second kappa shape index (κ2) is 5.77. The normalized spacial score (nSPS) is 23.4. The Kier molecular flexibility index (Phi) is 4.48. The summed E-state index contributed by atoms with van der Waals surface area (Å²) in [5.41, 5.74) is 0.455. The Balaban J connectivity index is 2.33. The molecule has 0 saturated carbocycles. The van der Waals surface area contributed by atoms with Crippen LogP contribution in [0.3, 0.4) is 0 Å². The molecule has 0 spiro atoms. The third kappa shape index (κ3) is 3.27. The minimum atomic E-state index is -2.99. The lowest BCUT2D eigenvalue weighted by atomic mass is 9.92. The van der Waals surface area contributed by atoms with Crippen molar-refractivity contribution in [2.45, 2.75) is 19.4 Å². The van der Waals surface area contributed by atoms with Gasteiger partial charge in [-0.25, -0.2) is 12.8 Å². The zero-order chi connectivity index (χ0) is 14.0. The molecule has 0 radical (unpaired) electrons. The lowest BCUT2D eigenvalue weighted by Crippen LogP contribution is -2.29. The van der Waals surface area contributed by atoms with E-state index in [1.807, 2.05) is 6.92 Å². The molecule has 2 atom stereocenters. The monoisotopic (exact) mass is 305 g/mol. The zero-order valence-corrected chi connectivity index (χ0v) is 12.3. The van der Waals surface area contributed by atoms with Gasteiger partial charge in [-0.1, -0.05) is 30.7 Å². The van der Waals surface area contributed by atoms with Crippen LogP contribution in [-0.4, -0.2) is 26.5 Å². The van der Waals surface area contributed by atoms with Crippen LogP contribution < -0.4 is 5.32 Å². The van der Waals surface area contributed by atoms with E-state index in [0.29, 0.717) is 18.5 Å². The van der Waals surface area contributed by atoms with Gasteiger partial charge < -0.3 is 5.32 Å². The number of hydrogen-bond donors (Lipinski definition) is 1. The molecule has 0 bridgehead atoms. The number of halogens is 2. The van der Waals surface area contributed by atoms with Crippen LogP contribution in [0.4, 0.5) is 4.39 Å². The number of rotatable bonds is 4. The van der Waals surface area contributed by atoms with Gasteiger partial charge in [0.1, 0.15) is 5.82 Å². The van der Waals surface area contributed by atoms with E-state index in [-0.39, 0.29) is 28.5 Å². The van der Waals surface area contributed by atoms with E-state index in [4.69, 9.17) is 11.6 Å². The average molecular weight is 306 g/mol. The van der Waals surface area contributed by atoms with Gasteiger partial charge in [0.25, 0.3) is 0 Å². The maximum Gasteiger partial charge on any atom is 0.150 e. The minimum absolute atomic E-state index is 0.0706. The van der Waals surface area contributed by atoms with Gasteiger partial charge in [-0.05, 0) is 24.9 Å². The van der Waals surface area contributed by atoms with Gasteiger partial charge in [0.15, 0.2) is 9.84 Å². The average Bonchev–Trinajstić information content (AvgIpc) is 2.71. The summed E-state index contributed by atoms with van der Waals surface area (Å²) in [6.45, 7) is 2.56. The van der Waals surface area contributed by atoms with Crippen LogP contribution in [0.2, 0.25) is 5.02 Å². The quantitative estimate of drug-likeness (QED) is 0.930. The van der Waals surface area contributed by atoms with Gasteiger partial charge in [0, 0.05) is 11.6 Å². The van der Waals surface area contributed by atoms with Crippen LogP contribution in [0.1, 0.15) is 24.9 Å². The predicted octanol–water partition coefficient (Wildman–Crippen LogP) is 2.56. The topological polar surface area (TPSA) is 46.2 Å². The molecular formula is C13H17ClFNO2S. The molecule has 0 amide bonds. The molecule has 1 saturated heterocycles. The Labute approximate surface area is 118 Å². The molecule has 1 aliphatic heterocycles. The fraction of sp³-hybridized carbons (Fsp3) is 0.538. The van der Waals surface area contributed by atoms with Crippen LogP contribution in [0.15, 0.2) is 18.2 Å². The number of benzene rings is 1. The molecule has 2 unspecified atom stereocenters. The molecule has 1 fully saturated rings. The van der Waals surface area contributed by atoms with E-state index in [1.54, 1.807) is 12.1 Å². The van der Waals surface area contributed by atoms with E-state index >= 15 is 0 Å². The summed E-state index contributed by atoms with van der Waals surface area (Å²) in [7, 11) is -2.99. The number of nitrogens with one attached hydrogen (secondary N) is 1. The third-order valence-electron chi connectivity index (χ3n) is 3.48. The Morgan fingerprint density at radius 3 is 2.84 bits per heavy atom. The highest BCUT2D eigenvalue weighted by molar-refractivity contribution is 7.91. The fourth-order valence-electron chi connectivity index (χ4n) is 2.60. The van der Waals surface area contributed by atoms with Crippen molar-refractivity contribution in [1.29, 1.82) is 0 Å². The Hall–Kier alpha value is -0.650.